The fourth-order valence-corrected chi connectivity index (χ4v) is 11.0. The first-order chi connectivity index (χ1) is 38.6. The topological polar surface area (TPSA) is 64.7 Å². The van der Waals surface area contributed by atoms with Crippen molar-refractivity contribution in [3.05, 3.63) is 192 Å². The van der Waals surface area contributed by atoms with Crippen LogP contribution in [0.1, 0.15) is 131 Å². The zero-order chi connectivity index (χ0) is 56.9. The van der Waals surface area contributed by atoms with E-state index in [1.165, 1.54) is 6.07 Å². The third-order valence-electron chi connectivity index (χ3n) is 15.2. The second kappa shape index (κ2) is 20.6. The Hall–Kier alpha value is -6.72. The van der Waals surface area contributed by atoms with E-state index in [9.17, 15) is 6.85 Å². The molecular formula is C66H68N4O. The Labute approximate surface area is 435 Å². The van der Waals surface area contributed by atoms with Crippen LogP contribution in [0.5, 0.6) is 0 Å². The number of hydrogen-bond acceptors (Lipinski definition) is 5. The normalized spacial score (nSPS) is 21.4. The van der Waals surface area contributed by atoms with Crippen LogP contribution in [0.15, 0.2) is 163 Å². The van der Waals surface area contributed by atoms with Crippen molar-refractivity contribution in [2.24, 2.45) is 23.2 Å². The molecule has 0 N–H and O–H groups in total. The molecule has 71 heavy (non-hydrogen) atoms. The van der Waals surface area contributed by atoms with Gasteiger partial charge in [-0.1, -0.05) is 117 Å². The molecule has 0 amide bonds. The van der Waals surface area contributed by atoms with Crippen LogP contribution in [-0.4, -0.2) is 19.9 Å². The molecule has 0 spiro atoms. The van der Waals surface area contributed by atoms with E-state index in [1.54, 1.807) is 18.5 Å². The van der Waals surface area contributed by atoms with Gasteiger partial charge < -0.3 is 4.42 Å². The van der Waals surface area contributed by atoms with E-state index in [4.69, 9.17) is 26.2 Å². The maximum atomic E-state index is 10.2. The summed E-state index contributed by atoms with van der Waals surface area (Å²) < 4.78 is 97.7. The molecule has 11 rings (SSSR count). The maximum absolute atomic E-state index is 10.2. The molecule has 2 saturated carbocycles. The van der Waals surface area contributed by atoms with Crippen LogP contribution in [0.3, 0.4) is 0 Å². The predicted octanol–water partition coefficient (Wildman–Crippen LogP) is 17.4. The van der Waals surface area contributed by atoms with Crippen molar-refractivity contribution in [2.75, 3.05) is 0 Å². The summed E-state index contributed by atoms with van der Waals surface area (Å²) in [5.74, 6) is -1.92. The predicted molar refractivity (Wildman–Crippen MR) is 293 cm³/mol. The van der Waals surface area contributed by atoms with Crippen LogP contribution >= 0.6 is 0 Å². The average Bonchev–Trinajstić information content (AvgIpc) is 4.12. The van der Waals surface area contributed by atoms with E-state index >= 15 is 0 Å². The zero-order valence-corrected chi connectivity index (χ0v) is 40.8. The molecule has 2 fully saturated rings. The van der Waals surface area contributed by atoms with Gasteiger partial charge in [0.15, 0.2) is 0 Å². The minimum Gasteiger partial charge on any atom is -0.437 e. The van der Waals surface area contributed by atoms with E-state index in [0.717, 1.165) is 64.7 Å². The van der Waals surface area contributed by atoms with Crippen molar-refractivity contribution in [1.82, 2.24) is 19.9 Å². The third-order valence-corrected chi connectivity index (χ3v) is 15.2. The van der Waals surface area contributed by atoms with Gasteiger partial charge in [0.25, 0.3) is 0 Å². The number of pyridine rings is 4. The monoisotopic (exact) mass is 943 g/mol. The highest BCUT2D eigenvalue weighted by atomic mass is 16.3. The highest BCUT2D eigenvalue weighted by Crippen LogP contribution is 2.45. The molecule has 5 heterocycles. The number of hydrogen-bond donors (Lipinski definition) is 0. The van der Waals surface area contributed by atoms with Gasteiger partial charge in [-0.15, -0.1) is 0 Å². The average molecular weight is 943 g/mol. The molecule has 4 aromatic carbocycles. The SMILES string of the molecule is [2H]C([2H])c1cc(-c2cc(-c3cccc4c3oc3nc(C([2H])([2H])[2H])ccc34)ncc2CC([2H])([2H])C2CC(CCc3ccc(-c4ccccc4)nc3)CC(C([2H])([2H])Cc3ccc(-c4ccccc4)nc3)C2)ccc1C1([2H])CCC(C)(C)CC1. The number of aryl methyl sites for hydroxylation is 5. The van der Waals surface area contributed by atoms with Crippen LogP contribution in [0, 0.1) is 36.9 Å². The summed E-state index contributed by atoms with van der Waals surface area (Å²) in [4.78, 5) is 19.0. The molecule has 3 atom stereocenters. The van der Waals surface area contributed by atoms with Crippen LogP contribution in [0.25, 0.3) is 67.0 Å². The summed E-state index contributed by atoms with van der Waals surface area (Å²) >= 11 is 0. The quantitative estimate of drug-likeness (QED) is 0.109. The van der Waals surface area contributed by atoms with E-state index in [0.29, 0.717) is 82.1 Å². The largest absolute Gasteiger partial charge is 0.437 e. The van der Waals surface area contributed by atoms with E-state index < -0.39 is 44.2 Å². The van der Waals surface area contributed by atoms with E-state index in [1.807, 2.05) is 128 Å². The molecule has 0 aliphatic heterocycles. The Morgan fingerprint density at radius 1 is 0.606 bits per heavy atom. The van der Waals surface area contributed by atoms with Gasteiger partial charge in [-0.2, -0.15) is 0 Å². The Balaban J connectivity index is 0.951. The molecule has 2 aliphatic carbocycles. The maximum Gasteiger partial charge on any atom is 0.227 e. The first kappa shape index (κ1) is 36.2. The number of rotatable bonds is 14. The van der Waals surface area contributed by atoms with Gasteiger partial charge >= 0.3 is 0 Å². The zero-order valence-electron chi connectivity index (χ0n) is 50.8. The molecule has 2 aliphatic rings. The van der Waals surface area contributed by atoms with E-state index in [-0.39, 0.29) is 35.6 Å². The summed E-state index contributed by atoms with van der Waals surface area (Å²) in [6.07, 6.45) is 7.89. The standard InChI is InChI=1S/C66H68N4O/c1-44-36-54(27-29-56(44)51-32-34-66(3,4)35-33-51)60-40-63(59-17-11-16-57-58-28-18-45(2)70-65(58)71-64(57)59)69-43-55(60)26-23-50-38-48(21-19-46-24-30-61(67-41-46)52-12-7-5-8-13-52)37-49(39-50)22-20-47-25-31-62(68-42-47)53-14-9-6-10-15-53/h5-18,24-25,27-31,36,40-43,48-51H,19-23,26,32-35,37-39H2,1-4H3/i1D2,2D3,21D2,23D2,51D. The van der Waals surface area contributed by atoms with Crippen molar-refractivity contribution < 1.29 is 18.1 Å². The molecule has 5 nitrogen and oxygen atoms in total. The molecule has 0 bridgehead atoms. The van der Waals surface area contributed by atoms with Gasteiger partial charge in [0.2, 0.25) is 5.71 Å². The van der Waals surface area contributed by atoms with Crippen molar-refractivity contribution in [3.63, 3.8) is 0 Å². The van der Waals surface area contributed by atoms with Crippen molar-refractivity contribution in [2.45, 2.75) is 117 Å². The smallest absolute Gasteiger partial charge is 0.227 e. The Bertz CT molecular complexity index is 3670. The van der Waals surface area contributed by atoms with Crippen molar-refractivity contribution >= 4 is 22.1 Å². The Morgan fingerprint density at radius 2 is 1.28 bits per heavy atom. The first-order valence-corrected chi connectivity index (χ1v) is 25.4. The first-order valence-electron chi connectivity index (χ1n) is 30.6. The minimum atomic E-state index is -2.43. The van der Waals surface area contributed by atoms with Crippen LogP contribution in [0.2, 0.25) is 0 Å². The lowest BCUT2D eigenvalue weighted by Crippen LogP contribution is -2.24. The van der Waals surface area contributed by atoms with Gasteiger partial charge in [0.05, 0.1) is 17.1 Å². The number of nitrogens with zero attached hydrogens (tertiary/aromatic N) is 4. The highest BCUT2D eigenvalue weighted by Gasteiger charge is 2.30. The van der Waals surface area contributed by atoms with Crippen LogP contribution in [0.4, 0.5) is 0 Å². The highest BCUT2D eigenvalue weighted by molar-refractivity contribution is 6.08. The fourth-order valence-electron chi connectivity index (χ4n) is 11.0. The molecule has 0 radical (unpaired) electrons. The summed E-state index contributed by atoms with van der Waals surface area (Å²) in [5, 5.41) is 1.38. The summed E-state index contributed by atoms with van der Waals surface area (Å²) in [6, 6.07) is 44.5. The third kappa shape index (κ3) is 10.7. The van der Waals surface area contributed by atoms with Gasteiger partial charge in [0.1, 0.15) is 5.58 Å². The molecule has 5 heteroatoms. The summed E-state index contributed by atoms with van der Waals surface area (Å²) in [6.45, 7) is 0.636. The van der Waals surface area contributed by atoms with Crippen LogP contribution < -0.4 is 0 Å². The molecule has 0 saturated heterocycles. The number of para-hydroxylation sites is 1. The lowest BCUT2D eigenvalue weighted by Gasteiger charge is -2.35. The molecular weight excluding hydrogens is 865 g/mol. The lowest BCUT2D eigenvalue weighted by atomic mass is 9.70. The summed E-state index contributed by atoms with van der Waals surface area (Å²) in [5.41, 5.74) is 10.5. The molecule has 5 aromatic heterocycles. The second-order valence-corrected chi connectivity index (χ2v) is 20.7. The van der Waals surface area contributed by atoms with Crippen molar-refractivity contribution in [1.29, 1.82) is 0 Å². The Kier molecular flexibility index (Phi) is 10.5. The van der Waals surface area contributed by atoms with Gasteiger partial charge in [-0.3, -0.25) is 15.0 Å². The fraction of sp³-hybridized carbons (Fsp3) is 0.333. The van der Waals surface area contributed by atoms with Gasteiger partial charge in [-0.25, -0.2) is 4.98 Å². The summed E-state index contributed by atoms with van der Waals surface area (Å²) in [7, 11) is 0. The number of furan rings is 1. The lowest BCUT2D eigenvalue weighted by molar-refractivity contribution is 0.172. The number of aromatic nitrogens is 4. The Morgan fingerprint density at radius 3 is 1.96 bits per heavy atom. The number of fused-ring (bicyclic) bond motifs is 3. The van der Waals surface area contributed by atoms with E-state index in [2.05, 4.69) is 24.9 Å². The van der Waals surface area contributed by atoms with Gasteiger partial charge in [-0.05, 0) is 202 Å². The molecule has 9 aromatic rings. The molecule has 3 unspecified atom stereocenters. The number of benzene rings is 4. The van der Waals surface area contributed by atoms with Crippen molar-refractivity contribution in [3.8, 4) is 44.9 Å². The van der Waals surface area contributed by atoms with Crippen LogP contribution in [-0.2, 0) is 19.3 Å². The van der Waals surface area contributed by atoms with Gasteiger partial charge in [0, 0.05) is 65.5 Å². The molecule has 358 valence electrons. The minimum absolute atomic E-state index is 0.0181. The second-order valence-electron chi connectivity index (χ2n) is 20.7.